The number of carbonyl (C=O) groups is 1. The molecule has 7 heteroatoms. The van der Waals surface area contributed by atoms with Crippen molar-refractivity contribution in [1.82, 2.24) is 20.8 Å². The fourth-order valence-electron chi connectivity index (χ4n) is 2.11. The molecule has 0 aliphatic carbocycles. The van der Waals surface area contributed by atoms with Crippen molar-refractivity contribution < 1.29 is 9.53 Å². The Hall–Kier alpha value is -2.93. The van der Waals surface area contributed by atoms with Gasteiger partial charge in [0, 0.05) is 12.6 Å². The summed E-state index contributed by atoms with van der Waals surface area (Å²) in [5, 5.41) is 15.7. The highest BCUT2D eigenvalue weighted by Gasteiger charge is 2.03. The third kappa shape index (κ3) is 5.29. The van der Waals surface area contributed by atoms with Gasteiger partial charge in [0.2, 0.25) is 5.88 Å². The number of thiophene rings is 1. The van der Waals surface area contributed by atoms with E-state index in [1.807, 2.05) is 53.9 Å². The van der Waals surface area contributed by atoms with Crippen molar-refractivity contribution in [1.29, 1.82) is 0 Å². The van der Waals surface area contributed by atoms with E-state index in [0.29, 0.717) is 25.6 Å². The summed E-state index contributed by atoms with van der Waals surface area (Å²) in [7, 11) is 0. The van der Waals surface area contributed by atoms with Gasteiger partial charge in [-0.3, -0.25) is 0 Å². The van der Waals surface area contributed by atoms with Crippen LogP contribution in [0, 0.1) is 0 Å². The van der Waals surface area contributed by atoms with Gasteiger partial charge in [-0.2, -0.15) is 0 Å². The Morgan fingerprint density at radius 3 is 2.60 bits per heavy atom. The lowest BCUT2D eigenvalue weighted by Gasteiger charge is -2.08. The molecule has 0 unspecified atom stereocenters. The Balaban J connectivity index is 1.35. The number of ether oxygens (including phenoxy) is 1. The van der Waals surface area contributed by atoms with Crippen molar-refractivity contribution in [2.45, 2.75) is 6.54 Å². The van der Waals surface area contributed by atoms with Gasteiger partial charge in [-0.1, -0.05) is 36.4 Å². The lowest BCUT2D eigenvalue weighted by atomic mass is 10.2. The van der Waals surface area contributed by atoms with Crippen molar-refractivity contribution in [3.05, 3.63) is 65.5 Å². The van der Waals surface area contributed by atoms with Gasteiger partial charge in [0.05, 0.1) is 11.4 Å². The second-order valence-electron chi connectivity index (χ2n) is 5.18. The second-order valence-corrected chi connectivity index (χ2v) is 6.13. The molecule has 0 atom stereocenters. The van der Waals surface area contributed by atoms with Gasteiger partial charge < -0.3 is 15.4 Å². The molecule has 2 heterocycles. The SMILES string of the molecule is O=C(NCCOc1ccc(-c2cccs2)nn1)NCc1ccccc1. The Morgan fingerprint density at radius 2 is 1.88 bits per heavy atom. The molecule has 0 spiro atoms. The van der Waals surface area contributed by atoms with Gasteiger partial charge >= 0.3 is 6.03 Å². The van der Waals surface area contributed by atoms with E-state index < -0.39 is 0 Å². The summed E-state index contributed by atoms with van der Waals surface area (Å²) in [4.78, 5) is 12.8. The van der Waals surface area contributed by atoms with E-state index in [1.54, 1.807) is 17.4 Å². The first-order chi connectivity index (χ1) is 12.3. The Labute approximate surface area is 149 Å². The third-order valence-electron chi connectivity index (χ3n) is 3.35. The standard InChI is InChI=1S/C18H18N4O2S/c23-18(20-13-14-5-2-1-3-6-14)19-10-11-24-17-9-8-15(21-22-17)16-7-4-12-25-16/h1-9,12H,10-11,13H2,(H2,19,20,23). The number of amides is 2. The fraction of sp³-hybridized carbons (Fsp3) is 0.167. The van der Waals surface area contributed by atoms with Crippen molar-refractivity contribution in [3.8, 4) is 16.5 Å². The molecule has 25 heavy (non-hydrogen) atoms. The summed E-state index contributed by atoms with van der Waals surface area (Å²) < 4.78 is 5.48. The topological polar surface area (TPSA) is 76.1 Å². The third-order valence-corrected chi connectivity index (χ3v) is 4.24. The molecule has 2 N–H and O–H groups in total. The Morgan fingerprint density at radius 1 is 1.00 bits per heavy atom. The summed E-state index contributed by atoms with van der Waals surface area (Å²) >= 11 is 1.61. The zero-order valence-electron chi connectivity index (χ0n) is 13.5. The average molecular weight is 354 g/mol. The smallest absolute Gasteiger partial charge is 0.315 e. The summed E-state index contributed by atoms with van der Waals surface area (Å²) in [6, 6.07) is 17.1. The second kappa shape index (κ2) is 8.79. The number of nitrogens with zero attached hydrogens (tertiary/aromatic N) is 2. The van der Waals surface area contributed by atoms with Gasteiger partial charge in [0.25, 0.3) is 0 Å². The largest absolute Gasteiger partial charge is 0.475 e. The maximum absolute atomic E-state index is 11.7. The lowest BCUT2D eigenvalue weighted by molar-refractivity contribution is 0.235. The molecule has 0 saturated carbocycles. The van der Waals surface area contributed by atoms with Gasteiger partial charge in [0.15, 0.2) is 0 Å². The summed E-state index contributed by atoms with van der Waals surface area (Å²) in [5.41, 5.74) is 1.87. The quantitative estimate of drug-likeness (QED) is 0.639. The van der Waals surface area contributed by atoms with E-state index >= 15 is 0 Å². The molecule has 0 fully saturated rings. The average Bonchev–Trinajstić information content (AvgIpc) is 3.20. The van der Waals surface area contributed by atoms with E-state index in [4.69, 9.17) is 4.74 Å². The van der Waals surface area contributed by atoms with Gasteiger partial charge in [-0.15, -0.1) is 21.5 Å². The van der Waals surface area contributed by atoms with Crippen LogP contribution in [0.2, 0.25) is 0 Å². The molecule has 1 aromatic carbocycles. The monoisotopic (exact) mass is 354 g/mol. The first kappa shape index (κ1) is 16.9. The van der Waals surface area contributed by atoms with Crippen molar-refractivity contribution >= 4 is 17.4 Å². The van der Waals surface area contributed by atoms with Crippen molar-refractivity contribution in [2.24, 2.45) is 0 Å². The molecule has 128 valence electrons. The van der Waals surface area contributed by atoms with Crippen LogP contribution in [0.15, 0.2) is 60.0 Å². The molecule has 3 aromatic rings. The molecular formula is C18H18N4O2S. The maximum Gasteiger partial charge on any atom is 0.315 e. The zero-order valence-corrected chi connectivity index (χ0v) is 14.3. The van der Waals surface area contributed by atoms with E-state index in [-0.39, 0.29) is 6.03 Å². The van der Waals surface area contributed by atoms with Crippen LogP contribution in [0.4, 0.5) is 4.79 Å². The number of hydrogen-bond donors (Lipinski definition) is 2. The number of carbonyl (C=O) groups excluding carboxylic acids is 1. The predicted octanol–water partition coefficient (Wildman–Crippen LogP) is 3.08. The van der Waals surface area contributed by atoms with Gasteiger partial charge in [0.1, 0.15) is 12.3 Å². The minimum atomic E-state index is -0.230. The molecule has 2 amide bonds. The number of urea groups is 1. The molecule has 0 aliphatic rings. The van der Waals surface area contributed by atoms with E-state index in [1.165, 1.54) is 0 Å². The van der Waals surface area contributed by atoms with Gasteiger partial charge in [-0.05, 0) is 23.1 Å². The van der Waals surface area contributed by atoms with Crippen LogP contribution >= 0.6 is 11.3 Å². The first-order valence-corrected chi connectivity index (χ1v) is 8.75. The number of aromatic nitrogens is 2. The maximum atomic E-state index is 11.7. The van der Waals surface area contributed by atoms with Crippen LogP contribution in [0.3, 0.4) is 0 Å². The molecule has 0 aliphatic heterocycles. The number of benzene rings is 1. The number of rotatable bonds is 7. The van der Waals surface area contributed by atoms with Crippen LogP contribution in [-0.2, 0) is 6.54 Å². The fourth-order valence-corrected chi connectivity index (χ4v) is 2.80. The van der Waals surface area contributed by atoms with Crippen molar-refractivity contribution in [3.63, 3.8) is 0 Å². The van der Waals surface area contributed by atoms with E-state index in [2.05, 4.69) is 20.8 Å². The molecule has 3 rings (SSSR count). The minimum absolute atomic E-state index is 0.230. The summed E-state index contributed by atoms with van der Waals surface area (Å²) in [6.07, 6.45) is 0. The highest BCUT2D eigenvalue weighted by molar-refractivity contribution is 7.13. The summed E-state index contributed by atoms with van der Waals surface area (Å²) in [5.74, 6) is 0.437. The normalized spacial score (nSPS) is 10.2. The first-order valence-electron chi connectivity index (χ1n) is 7.87. The van der Waals surface area contributed by atoms with Crippen LogP contribution in [-0.4, -0.2) is 29.4 Å². The molecule has 0 bridgehead atoms. The number of nitrogens with one attached hydrogen (secondary N) is 2. The molecule has 2 aromatic heterocycles. The minimum Gasteiger partial charge on any atom is -0.475 e. The highest BCUT2D eigenvalue weighted by atomic mass is 32.1. The van der Waals surface area contributed by atoms with Crippen LogP contribution in [0.25, 0.3) is 10.6 Å². The Kier molecular flexibility index (Phi) is 5.95. The highest BCUT2D eigenvalue weighted by Crippen LogP contribution is 2.22. The van der Waals surface area contributed by atoms with Crippen LogP contribution < -0.4 is 15.4 Å². The van der Waals surface area contributed by atoms with Crippen LogP contribution in [0.1, 0.15) is 5.56 Å². The predicted molar refractivity (Wildman–Crippen MR) is 97.5 cm³/mol. The van der Waals surface area contributed by atoms with E-state index in [9.17, 15) is 4.79 Å². The lowest BCUT2D eigenvalue weighted by Crippen LogP contribution is -2.37. The summed E-state index contributed by atoms with van der Waals surface area (Å²) in [6.45, 7) is 1.20. The molecule has 6 nitrogen and oxygen atoms in total. The zero-order chi connectivity index (χ0) is 17.3. The molecular weight excluding hydrogens is 336 g/mol. The number of hydrogen-bond acceptors (Lipinski definition) is 5. The van der Waals surface area contributed by atoms with E-state index in [0.717, 1.165) is 16.1 Å². The molecule has 0 radical (unpaired) electrons. The van der Waals surface area contributed by atoms with Crippen molar-refractivity contribution in [2.75, 3.05) is 13.2 Å². The van der Waals surface area contributed by atoms with Gasteiger partial charge in [-0.25, -0.2) is 4.79 Å². The molecule has 0 saturated heterocycles. The van der Waals surface area contributed by atoms with Crippen LogP contribution in [0.5, 0.6) is 5.88 Å². The Bertz CT molecular complexity index is 777.